The molecule has 0 radical (unpaired) electrons. The van der Waals surface area contributed by atoms with Gasteiger partial charge in [-0.3, -0.25) is 0 Å². The molecule has 0 spiro atoms. The van der Waals surface area contributed by atoms with Gasteiger partial charge in [-0.05, 0) is 23.8 Å². The van der Waals surface area contributed by atoms with E-state index < -0.39 is 11.6 Å². The van der Waals surface area contributed by atoms with Crippen LogP contribution in [-0.2, 0) is 13.2 Å². The van der Waals surface area contributed by atoms with Crippen molar-refractivity contribution < 1.29 is 18.3 Å². The van der Waals surface area contributed by atoms with Crippen LogP contribution in [0, 0.1) is 11.6 Å². The highest BCUT2D eigenvalue weighted by molar-refractivity contribution is 5.46. The van der Waals surface area contributed by atoms with Crippen LogP contribution in [-0.4, -0.2) is 7.11 Å². The van der Waals surface area contributed by atoms with E-state index in [1.807, 2.05) is 6.07 Å². The van der Waals surface area contributed by atoms with Gasteiger partial charge in [0.2, 0.25) is 0 Å². The minimum Gasteiger partial charge on any atom is -0.493 e. The second-order valence-electron chi connectivity index (χ2n) is 4.22. The topological polar surface area (TPSA) is 44.5 Å². The van der Waals surface area contributed by atoms with E-state index in [-0.39, 0.29) is 13.2 Å². The molecule has 0 aliphatic rings. The van der Waals surface area contributed by atoms with Crippen molar-refractivity contribution in [1.82, 2.24) is 0 Å². The summed E-state index contributed by atoms with van der Waals surface area (Å²) < 4.78 is 37.0. The van der Waals surface area contributed by atoms with E-state index in [2.05, 4.69) is 0 Å². The summed E-state index contributed by atoms with van der Waals surface area (Å²) in [4.78, 5) is 0. The first-order valence-electron chi connectivity index (χ1n) is 6.07. The van der Waals surface area contributed by atoms with Crippen LogP contribution in [0.4, 0.5) is 8.78 Å². The lowest BCUT2D eigenvalue weighted by Crippen LogP contribution is -2.05. The molecular formula is C15H15F2NO2. The second-order valence-corrected chi connectivity index (χ2v) is 4.22. The van der Waals surface area contributed by atoms with Crippen LogP contribution >= 0.6 is 0 Å². The number of rotatable bonds is 5. The summed E-state index contributed by atoms with van der Waals surface area (Å²) in [5.74, 6) is -0.252. The van der Waals surface area contributed by atoms with Gasteiger partial charge in [0.25, 0.3) is 0 Å². The molecule has 20 heavy (non-hydrogen) atoms. The Labute approximate surface area is 115 Å². The van der Waals surface area contributed by atoms with Crippen molar-refractivity contribution in [2.75, 3.05) is 7.11 Å². The summed E-state index contributed by atoms with van der Waals surface area (Å²) in [5.41, 5.74) is 6.80. The highest BCUT2D eigenvalue weighted by Crippen LogP contribution is 2.31. The lowest BCUT2D eigenvalue weighted by molar-refractivity contribution is 0.280. The SMILES string of the molecule is COc1cccc(CN)c1OCc1cc(F)cc(F)c1. The predicted octanol–water partition coefficient (Wildman–Crippen LogP) is 3.01. The number of benzene rings is 2. The Morgan fingerprint density at radius 2 is 1.80 bits per heavy atom. The molecular weight excluding hydrogens is 264 g/mol. The first kappa shape index (κ1) is 14.3. The average molecular weight is 279 g/mol. The zero-order chi connectivity index (χ0) is 14.5. The number of para-hydroxylation sites is 1. The molecule has 0 fully saturated rings. The monoisotopic (exact) mass is 279 g/mol. The fourth-order valence-corrected chi connectivity index (χ4v) is 1.90. The molecule has 2 aromatic rings. The fourth-order valence-electron chi connectivity index (χ4n) is 1.90. The molecule has 0 bridgehead atoms. The van der Waals surface area contributed by atoms with Gasteiger partial charge in [-0.1, -0.05) is 12.1 Å². The molecule has 2 aromatic carbocycles. The molecule has 0 aromatic heterocycles. The Morgan fingerprint density at radius 1 is 1.10 bits per heavy atom. The summed E-state index contributed by atoms with van der Waals surface area (Å²) in [5, 5.41) is 0. The van der Waals surface area contributed by atoms with Gasteiger partial charge < -0.3 is 15.2 Å². The maximum Gasteiger partial charge on any atom is 0.166 e. The highest BCUT2D eigenvalue weighted by Gasteiger charge is 2.10. The molecule has 0 amide bonds. The molecule has 0 aliphatic carbocycles. The molecule has 2 rings (SSSR count). The molecule has 0 heterocycles. The van der Waals surface area contributed by atoms with Gasteiger partial charge in [0.05, 0.1) is 7.11 Å². The lowest BCUT2D eigenvalue weighted by Gasteiger charge is -2.14. The molecule has 0 aliphatic heterocycles. The van der Waals surface area contributed by atoms with E-state index in [1.54, 1.807) is 12.1 Å². The Kier molecular flexibility index (Phi) is 4.53. The van der Waals surface area contributed by atoms with E-state index in [0.29, 0.717) is 17.1 Å². The normalized spacial score (nSPS) is 10.4. The van der Waals surface area contributed by atoms with Gasteiger partial charge in [-0.25, -0.2) is 8.78 Å². The van der Waals surface area contributed by atoms with Crippen molar-refractivity contribution in [3.8, 4) is 11.5 Å². The van der Waals surface area contributed by atoms with E-state index in [9.17, 15) is 8.78 Å². The molecule has 3 nitrogen and oxygen atoms in total. The maximum atomic E-state index is 13.1. The minimum absolute atomic E-state index is 0.0298. The van der Waals surface area contributed by atoms with Gasteiger partial charge in [0, 0.05) is 18.2 Å². The average Bonchev–Trinajstić information content (AvgIpc) is 2.43. The fraction of sp³-hybridized carbons (Fsp3) is 0.200. The van der Waals surface area contributed by atoms with E-state index in [0.717, 1.165) is 11.6 Å². The van der Waals surface area contributed by atoms with Gasteiger partial charge in [0.1, 0.15) is 18.2 Å². The third-order valence-corrected chi connectivity index (χ3v) is 2.81. The Hall–Kier alpha value is -2.14. The highest BCUT2D eigenvalue weighted by atomic mass is 19.1. The molecule has 0 saturated heterocycles. The van der Waals surface area contributed by atoms with Crippen LogP contribution in [0.3, 0.4) is 0 Å². The van der Waals surface area contributed by atoms with Crippen molar-refractivity contribution >= 4 is 0 Å². The smallest absolute Gasteiger partial charge is 0.166 e. The maximum absolute atomic E-state index is 13.1. The molecule has 0 unspecified atom stereocenters. The Balaban J connectivity index is 2.22. The van der Waals surface area contributed by atoms with E-state index >= 15 is 0 Å². The number of ether oxygens (including phenoxy) is 2. The van der Waals surface area contributed by atoms with Crippen molar-refractivity contribution in [2.45, 2.75) is 13.2 Å². The van der Waals surface area contributed by atoms with Crippen LogP contribution in [0.25, 0.3) is 0 Å². The summed E-state index contributed by atoms with van der Waals surface area (Å²) in [6.45, 7) is 0.312. The van der Waals surface area contributed by atoms with Crippen molar-refractivity contribution in [3.63, 3.8) is 0 Å². The minimum atomic E-state index is -0.636. The van der Waals surface area contributed by atoms with E-state index in [4.69, 9.17) is 15.2 Å². The van der Waals surface area contributed by atoms with Gasteiger partial charge in [-0.15, -0.1) is 0 Å². The molecule has 106 valence electrons. The third-order valence-electron chi connectivity index (χ3n) is 2.81. The first-order valence-corrected chi connectivity index (χ1v) is 6.07. The van der Waals surface area contributed by atoms with Crippen LogP contribution in [0.5, 0.6) is 11.5 Å². The van der Waals surface area contributed by atoms with Gasteiger partial charge in [0.15, 0.2) is 11.5 Å². The predicted molar refractivity (Wildman–Crippen MR) is 71.6 cm³/mol. The molecule has 0 atom stereocenters. The van der Waals surface area contributed by atoms with E-state index in [1.165, 1.54) is 19.2 Å². The number of hydrogen-bond acceptors (Lipinski definition) is 3. The van der Waals surface area contributed by atoms with Crippen molar-refractivity contribution in [1.29, 1.82) is 0 Å². The zero-order valence-corrected chi connectivity index (χ0v) is 11.0. The lowest BCUT2D eigenvalue weighted by atomic mass is 10.2. The number of halogens is 2. The largest absolute Gasteiger partial charge is 0.493 e. The Bertz CT molecular complexity index is 560. The van der Waals surface area contributed by atoms with Crippen molar-refractivity contribution in [3.05, 3.63) is 59.2 Å². The number of methoxy groups -OCH3 is 1. The molecule has 0 saturated carbocycles. The van der Waals surface area contributed by atoms with Crippen LogP contribution in [0.15, 0.2) is 36.4 Å². The molecule has 5 heteroatoms. The summed E-state index contributed by atoms with van der Waals surface area (Å²) in [6.07, 6.45) is 0. The van der Waals surface area contributed by atoms with Crippen LogP contribution in [0.1, 0.15) is 11.1 Å². The summed E-state index contributed by atoms with van der Waals surface area (Å²) in [6, 6.07) is 8.61. The third kappa shape index (κ3) is 3.24. The van der Waals surface area contributed by atoms with Crippen molar-refractivity contribution in [2.24, 2.45) is 5.73 Å². The van der Waals surface area contributed by atoms with Gasteiger partial charge >= 0.3 is 0 Å². The number of nitrogens with two attached hydrogens (primary N) is 1. The summed E-state index contributed by atoms with van der Waals surface area (Å²) >= 11 is 0. The summed E-state index contributed by atoms with van der Waals surface area (Å²) in [7, 11) is 1.52. The Morgan fingerprint density at radius 3 is 2.40 bits per heavy atom. The standard InChI is InChI=1S/C15H15F2NO2/c1-19-14-4-2-3-11(8-18)15(14)20-9-10-5-12(16)7-13(17)6-10/h2-7H,8-9,18H2,1H3. The quantitative estimate of drug-likeness (QED) is 0.915. The number of hydrogen-bond donors (Lipinski definition) is 1. The van der Waals surface area contributed by atoms with Crippen LogP contribution in [0.2, 0.25) is 0 Å². The zero-order valence-electron chi connectivity index (χ0n) is 11.0. The second kappa shape index (κ2) is 6.34. The van der Waals surface area contributed by atoms with Crippen LogP contribution < -0.4 is 15.2 Å². The van der Waals surface area contributed by atoms with Gasteiger partial charge in [-0.2, -0.15) is 0 Å². The first-order chi connectivity index (χ1) is 9.63. The molecule has 2 N–H and O–H groups in total.